The highest BCUT2D eigenvalue weighted by Crippen LogP contribution is 2.20. The number of hydrogen-bond donors (Lipinski definition) is 1. The summed E-state index contributed by atoms with van der Waals surface area (Å²) in [6.45, 7) is 3.20. The van der Waals surface area contributed by atoms with Gasteiger partial charge in [-0.3, -0.25) is 4.79 Å². The Kier molecular flexibility index (Phi) is 5.61. The second kappa shape index (κ2) is 7.45. The lowest BCUT2D eigenvalue weighted by Gasteiger charge is -2.31. The van der Waals surface area contributed by atoms with Crippen molar-refractivity contribution in [2.75, 3.05) is 25.0 Å². The van der Waals surface area contributed by atoms with Gasteiger partial charge in [0.05, 0.1) is 12.5 Å². The van der Waals surface area contributed by atoms with Crippen LogP contribution in [0.5, 0.6) is 0 Å². The van der Waals surface area contributed by atoms with Gasteiger partial charge in [0.1, 0.15) is 0 Å². The Morgan fingerprint density at radius 3 is 2.76 bits per heavy atom. The van der Waals surface area contributed by atoms with Gasteiger partial charge in [0, 0.05) is 23.2 Å². The SMILES string of the molecule is CCOC(=O)N1CCCC(C(=O)Nc2ccc(Br)cc2)C1. The molecule has 1 aromatic rings. The van der Waals surface area contributed by atoms with E-state index in [2.05, 4.69) is 21.2 Å². The van der Waals surface area contributed by atoms with Gasteiger partial charge in [0.25, 0.3) is 0 Å². The predicted molar refractivity (Wildman–Crippen MR) is 84.1 cm³/mol. The molecule has 1 heterocycles. The average molecular weight is 355 g/mol. The number of carbonyl (C=O) groups excluding carboxylic acids is 2. The van der Waals surface area contributed by atoms with Crippen LogP contribution in [0.25, 0.3) is 0 Å². The first kappa shape index (κ1) is 15.8. The number of nitrogens with one attached hydrogen (secondary N) is 1. The molecule has 1 atom stereocenters. The van der Waals surface area contributed by atoms with Gasteiger partial charge < -0.3 is 15.0 Å². The molecule has 0 aliphatic carbocycles. The van der Waals surface area contributed by atoms with E-state index >= 15 is 0 Å². The number of likely N-dealkylation sites (tertiary alicyclic amines) is 1. The molecule has 1 saturated heterocycles. The van der Waals surface area contributed by atoms with E-state index in [0.29, 0.717) is 19.7 Å². The molecule has 1 N–H and O–H groups in total. The summed E-state index contributed by atoms with van der Waals surface area (Å²) in [7, 11) is 0. The molecule has 2 amide bonds. The van der Waals surface area contributed by atoms with E-state index in [-0.39, 0.29) is 17.9 Å². The van der Waals surface area contributed by atoms with Crippen LogP contribution in [0.1, 0.15) is 19.8 Å². The summed E-state index contributed by atoms with van der Waals surface area (Å²) in [6, 6.07) is 7.44. The molecule has 0 spiro atoms. The number of rotatable bonds is 3. The highest BCUT2D eigenvalue weighted by Gasteiger charge is 2.29. The molecule has 0 bridgehead atoms. The molecule has 0 saturated carbocycles. The van der Waals surface area contributed by atoms with E-state index in [0.717, 1.165) is 23.0 Å². The standard InChI is InChI=1S/C15H19BrN2O3/c1-2-21-15(20)18-9-3-4-11(10-18)14(19)17-13-7-5-12(16)6-8-13/h5-8,11H,2-4,9-10H2,1H3,(H,17,19). The first-order chi connectivity index (χ1) is 10.1. The Morgan fingerprint density at radius 2 is 2.10 bits per heavy atom. The fourth-order valence-electron chi connectivity index (χ4n) is 2.35. The van der Waals surface area contributed by atoms with Crippen LogP contribution in [0.3, 0.4) is 0 Å². The van der Waals surface area contributed by atoms with Crippen LogP contribution in [0.15, 0.2) is 28.7 Å². The summed E-state index contributed by atoms with van der Waals surface area (Å²) in [5, 5.41) is 2.89. The number of hydrogen-bond acceptors (Lipinski definition) is 3. The van der Waals surface area contributed by atoms with Gasteiger partial charge in [-0.1, -0.05) is 15.9 Å². The third kappa shape index (κ3) is 4.46. The second-order valence-electron chi connectivity index (χ2n) is 4.98. The van der Waals surface area contributed by atoms with Crippen LogP contribution in [-0.2, 0) is 9.53 Å². The highest BCUT2D eigenvalue weighted by atomic mass is 79.9. The summed E-state index contributed by atoms with van der Waals surface area (Å²) in [6.07, 6.45) is 1.27. The Hall–Kier alpha value is -1.56. The van der Waals surface area contributed by atoms with E-state index in [1.165, 1.54) is 0 Å². The maximum absolute atomic E-state index is 12.3. The van der Waals surface area contributed by atoms with Crippen molar-refractivity contribution in [1.29, 1.82) is 0 Å². The number of amides is 2. The fourth-order valence-corrected chi connectivity index (χ4v) is 2.61. The molecular formula is C15H19BrN2O3. The topological polar surface area (TPSA) is 58.6 Å². The summed E-state index contributed by atoms with van der Waals surface area (Å²) in [5.74, 6) is -0.238. The van der Waals surface area contributed by atoms with E-state index < -0.39 is 0 Å². The van der Waals surface area contributed by atoms with Crippen molar-refractivity contribution >= 4 is 33.6 Å². The maximum atomic E-state index is 12.3. The van der Waals surface area contributed by atoms with Gasteiger partial charge in [0.2, 0.25) is 5.91 Å². The predicted octanol–water partition coefficient (Wildman–Crippen LogP) is 3.26. The van der Waals surface area contributed by atoms with Crippen LogP contribution in [0.2, 0.25) is 0 Å². The van der Waals surface area contributed by atoms with Gasteiger partial charge in [-0.15, -0.1) is 0 Å². The lowest BCUT2D eigenvalue weighted by Crippen LogP contribution is -2.44. The molecule has 5 nitrogen and oxygen atoms in total. The second-order valence-corrected chi connectivity index (χ2v) is 5.90. The van der Waals surface area contributed by atoms with Crippen LogP contribution < -0.4 is 5.32 Å². The van der Waals surface area contributed by atoms with Crippen molar-refractivity contribution in [3.8, 4) is 0 Å². The Balaban J connectivity index is 1.92. The lowest BCUT2D eigenvalue weighted by atomic mass is 9.97. The normalized spacial score (nSPS) is 18.2. The van der Waals surface area contributed by atoms with Gasteiger partial charge in [-0.05, 0) is 44.0 Å². The number of nitrogens with zero attached hydrogens (tertiary/aromatic N) is 1. The maximum Gasteiger partial charge on any atom is 0.409 e. The summed E-state index contributed by atoms with van der Waals surface area (Å²) in [4.78, 5) is 25.6. The number of ether oxygens (including phenoxy) is 1. The third-order valence-electron chi connectivity index (χ3n) is 3.43. The quantitative estimate of drug-likeness (QED) is 0.906. The molecular weight excluding hydrogens is 336 g/mol. The zero-order valence-electron chi connectivity index (χ0n) is 12.0. The first-order valence-electron chi connectivity index (χ1n) is 7.08. The summed E-state index contributed by atoms with van der Waals surface area (Å²) < 4.78 is 5.96. The third-order valence-corrected chi connectivity index (χ3v) is 3.96. The molecule has 114 valence electrons. The summed E-state index contributed by atoms with van der Waals surface area (Å²) >= 11 is 3.36. The Morgan fingerprint density at radius 1 is 1.38 bits per heavy atom. The number of piperidine rings is 1. The zero-order valence-corrected chi connectivity index (χ0v) is 13.6. The Bertz CT molecular complexity index is 504. The first-order valence-corrected chi connectivity index (χ1v) is 7.87. The number of anilines is 1. The average Bonchev–Trinajstić information content (AvgIpc) is 2.50. The van der Waals surface area contributed by atoms with E-state index in [9.17, 15) is 9.59 Å². The van der Waals surface area contributed by atoms with Crippen molar-refractivity contribution in [2.24, 2.45) is 5.92 Å². The summed E-state index contributed by atoms with van der Waals surface area (Å²) in [5.41, 5.74) is 0.761. The molecule has 21 heavy (non-hydrogen) atoms. The van der Waals surface area contributed by atoms with Crippen molar-refractivity contribution in [1.82, 2.24) is 4.90 Å². The van der Waals surface area contributed by atoms with Crippen LogP contribution in [0.4, 0.5) is 10.5 Å². The van der Waals surface area contributed by atoms with Crippen LogP contribution in [0, 0.1) is 5.92 Å². The molecule has 1 fully saturated rings. The molecule has 0 radical (unpaired) electrons. The van der Waals surface area contributed by atoms with Crippen molar-refractivity contribution in [3.05, 3.63) is 28.7 Å². The molecule has 6 heteroatoms. The minimum absolute atomic E-state index is 0.0497. The van der Waals surface area contributed by atoms with Crippen molar-refractivity contribution in [3.63, 3.8) is 0 Å². The van der Waals surface area contributed by atoms with Crippen LogP contribution in [-0.4, -0.2) is 36.6 Å². The minimum Gasteiger partial charge on any atom is -0.450 e. The molecule has 2 rings (SSSR count). The zero-order chi connectivity index (χ0) is 15.2. The molecule has 1 unspecified atom stereocenters. The van der Waals surface area contributed by atoms with E-state index in [1.54, 1.807) is 11.8 Å². The van der Waals surface area contributed by atoms with E-state index in [4.69, 9.17) is 4.74 Å². The number of benzene rings is 1. The molecule has 1 aliphatic rings. The number of carbonyl (C=O) groups is 2. The van der Waals surface area contributed by atoms with Gasteiger partial charge >= 0.3 is 6.09 Å². The monoisotopic (exact) mass is 354 g/mol. The molecule has 1 aromatic carbocycles. The van der Waals surface area contributed by atoms with Gasteiger partial charge in [-0.25, -0.2) is 4.79 Å². The van der Waals surface area contributed by atoms with Crippen LogP contribution >= 0.6 is 15.9 Å². The van der Waals surface area contributed by atoms with Gasteiger partial charge in [-0.2, -0.15) is 0 Å². The highest BCUT2D eigenvalue weighted by molar-refractivity contribution is 9.10. The largest absolute Gasteiger partial charge is 0.450 e. The van der Waals surface area contributed by atoms with Crippen molar-refractivity contribution in [2.45, 2.75) is 19.8 Å². The Labute approximate surface area is 132 Å². The van der Waals surface area contributed by atoms with Crippen molar-refractivity contribution < 1.29 is 14.3 Å². The molecule has 1 aliphatic heterocycles. The number of halogens is 1. The van der Waals surface area contributed by atoms with E-state index in [1.807, 2.05) is 24.3 Å². The molecule has 0 aromatic heterocycles. The fraction of sp³-hybridized carbons (Fsp3) is 0.467. The van der Waals surface area contributed by atoms with Gasteiger partial charge in [0.15, 0.2) is 0 Å². The minimum atomic E-state index is -0.335. The smallest absolute Gasteiger partial charge is 0.409 e. The lowest BCUT2D eigenvalue weighted by molar-refractivity contribution is -0.121.